The molecule has 0 aliphatic carbocycles. The minimum absolute atomic E-state index is 0.0481. The predicted octanol–water partition coefficient (Wildman–Crippen LogP) is -3.97. The fourth-order valence-electron chi connectivity index (χ4n) is 2.55. The van der Waals surface area contributed by atoms with E-state index in [-0.39, 0.29) is 31.8 Å². The van der Waals surface area contributed by atoms with E-state index in [1.165, 1.54) is 18.7 Å². The summed E-state index contributed by atoms with van der Waals surface area (Å²) in [4.78, 5) is 52.6. The zero-order valence-electron chi connectivity index (χ0n) is 18.7. The molecule has 0 rings (SSSR count). The number of carboxylic acid groups (broad SMARTS) is 1. The molecule has 3 amide bonds. The van der Waals surface area contributed by atoms with Gasteiger partial charge in [0.25, 0.3) is 0 Å². The summed E-state index contributed by atoms with van der Waals surface area (Å²) in [7, 11) is 0. The fourth-order valence-corrected chi connectivity index (χ4v) is 3.02. The smallest absolute Gasteiger partial charge is 0.326 e. The number of hydrogen-bond donors (Lipinski definition) is 9. The summed E-state index contributed by atoms with van der Waals surface area (Å²) < 4.78 is 0. The SMILES string of the molecule is CSCCC(NC(=O)C(NC(=O)C(N)CO)C(C)O)C(=O)NC(CCCN=C(N)N)C(=O)O. The molecular formula is C18H35N7O7S. The maximum atomic E-state index is 12.7. The quantitative estimate of drug-likeness (QED) is 0.0569. The number of nitrogens with zero attached hydrogens (tertiary/aromatic N) is 1. The first-order valence-corrected chi connectivity index (χ1v) is 11.6. The van der Waals surface area contributed by atoms with E-state index in [1.807, 2.05) is 0 Å². The van der Waals surface area contributed by atoms with Crippen molar-refractivity contribution in [1.82, 2.24) is 16.0 Å². The van der Waals surface area contributed by atoms with E-state index in [0.29, 0.717) is 5.75 Å². The van der Waals surface area contributed by atoms with Gasteiger partial charge in [-0.3, -0.25) is 19.4 Å². The molecule has 0 fully saturated rings. The summed E-state index contributed by atoms with van der Waals surface area (Å²) in [6, 6.07) is -5.12. The van der Waals surface area contributed by atoms with Crippen molar-refractivity contribution in [3.8, 4) is 0 Å². The summed E-state index contributed by atoms with van der Waals surface area (Å²) in [6.45, 7) is 0.766. The van der Waals surface area contributed by atoms with Crippen LogP contribution in [0.1, 0.15) is 26.2 Å². The second-order valence-electron chi connectivity index (χ2n) is 7.21. The van der Waals surface area contributed by atoms with Crippen molar-refractivity contribution in [1.29, 1.82) is 0 Å². The van der Waals surface area contributed by atoms with Crippen LogP contribution in [0.4, 0.5) is 0 Å². The molecule has 0 spiro atoms. The van der Waals surface area contributed by atoms with Gasteiger partial charge in [-0.1, -0.05) is 0 Å². The van der Waals surface area contributed by atoms with Gasteiger partial charge in [-0.2, -0.15) is 11.8 Å². The van der Waals surface area contributed by atoms with Crippen molar-refractivity contribution in [3.63, 3.8) is 0 Å². The monoisotopic (exact) mass is 493 g/mol. The molecule has 0 heterocycles. The molecule has 15 heteroatoms. The summed E-state index contributed by atoms with van der Waals surface area (Å²) in [6.07, 6.45) is 0.946. The number of hydrogen-bond acceptors (Lipinski definition) is 9. The summed E-state index contributed by atoms with van der Waals surface area (Å²) in [5.74, 6) is -3.42. The molecule has 33 heavy (non-hydrogen) atoms. The summed E-state index contributed by atoms with van der Waals surface area (Å²) in [5, 5.41) is 35.3. The van der Waals surface area contributed by atoms with E-state index >= 15 is 0 Å². The molecule has 0 aromatic heterocycles. The van der Waals surface area contributed by atoms with Gasteiger partial charge < -0.3 is 48.5 Å². The van der Waals surface area contributed by atoms with Crippen LogP contribution in [0.5, 0.6) is 0 Å². The van der Waals surface area contributed by atoms with Crippen LogP contribution in [-0.4, -0.2) is 100 Å². The third-order valence-corrected chi connectivity index (χ3v) is 5.04. The highest BCUT2D eigenvalue weighted by Crippen LogP contribution is 2.06. The van der Waals surface area contributed by atoms with Gasteiger partial charge in [0, 0.05) is 6.54 Å². The minimum atomic E-state index is -1.45. The van der Waals surface area contributed by atoms with Gasteiger partial charge in [-0.25, -0.2) is 4.79 Å². The second-order valence-corrected chi connectivity index (χ2v) is 8.19. The molecule has 14 nitrogen and oxygen atoms in total. The van der Waals surface area contributed by atoms with Gasteiger partial charge in [-0.05, 0) is 38.2 Å². The first-order chi connectivity index (χ1) is 15.4. The Morgan fingerprint density at radius 3 is 2.09 bits per heavy atom. The van der Waals surface area contributed by atoms with E-state index in [9.17, 15) is 29.4 Å². The number of carboxylic acids is 1. The van der Waals surface area contributed by atoms with Crippen LogP contribution in [0.3, 0.4) is 0 Å². The van der Waals surface area contributed by atoms with E-state index in [4.69, 9.17) is 22.3 Å². The van der Waals surface area contributed by atoms with Crippen molar-refractivity contribution in [2.75, 3.05) is 25.2 Å². The Kier molecular flexibility index (Phi) is 14.8. The second kappa shape index (κ2) is 16.1. The number of thioether (sulfide) groups is 1. The summed E-state index contributed by atoms with van der Waals surface area (Å²) in [5.41, 5.74) is 15.8. The number of aliphatic hydroxyl groups is 2. The number of carbonyl (C=O) groups excluding carboxylic acids is 3. The van der Waals surface area contributed by atoms with Crippen molar-refractivity contribution < 1.29 is 34.5 Å². The topological polar surface area (TPSA) is 255 Å². The number of aliphatic carboxylic acids is 1. The molecule has 190 valence electrons. The highest BCUT2D eigenvalue weighted by molar-refractivity contribution is 7.98. The van der Waals surface area contributed by atoms with Crippen LogP contribution in [0, 0.1) is 0 Å². The first-order valence-electron chi connectivity index (χ1n) is 10.2. The Bertz CT molecular complexity index is 689. The molecular weight excluding hydrogens is 458 g/mol. The summed E-state index contributed by atoms with van der Waals surface area (Å²) >= 11 is 1.40. The third-order valence-electron chi connectivity index (χ3n) is 4.40. The van der Waals surface area contributed by atoms with Crippen LogP contribution in [0.15, 0.2) is 4.99 Å². The predicted molar refractivity (Wildman–Crippen MR) is 123 cm³/mol. The molecule has 0 aliphatic rings. The lowest BCUT2D eigenvalue weighted by molar-refractivity contribution is -0.142. The van der Waals surface area contributed by atoms with Crippen LogP contribution in [-0.2, 0) is 19.2 Å². The molecule has 0 saturated heterocycles. The Morgan fingerprint density at radius 1 is 1.00 bits per heavy atom. The number of rotatable bonds is 16. The maximum Gasteiger partial charge on any atom is 0.326 e. The molecule has 0 saturated carbocycles. The van der Waals surface area contributed by atoms with Gasteiger partial charge in [0.1, 0.15) is 24.2 Å². The van der Waals surface area contributed by atoms with Crippen molar-refractivity contribution in [3.05, 3.63) is 0 Å². The van der Waals surface area contributed by atoms with E-state index in [0.717, 1.165) is 0 Å². The number of nitrogens with one attached hydrogen (secondary N) is 3. The van der Waals surface area contributed by atoms with Gasteiger partial charge in [0.2, 0.25) is 17.7 Å². The lowest BCUT2D eigenvalue weighted by Crippen LogP contribution is -2.60. The van der Waals surface area contributed by atoms with Crippen LogP contribution < -0.4 is 33.2 Å². The number of amides is 3. The van der Waals surface area contributed by atoms with E-state index in [1.54, 1.807) is 6.26 Å². The molecule has 0 bridgehead atoms. The lowest BCUT2D eigenvalue weighted by Gasteiger charge is -2.26. The Balaban J connectivity index is 5.31. The van der Waals surface area contributed by atoms with Crippen LogP contribution >= 0.6 is 11.8 Å². The van der Waals surface area contributed by atoms with Crippen molar-refractivity contribution in [2.24, 2.45) is 22.2 Å². The van der Waals surface area contributed by atoms with Gasteiger partial charge >= 0.3 is 5.97 Å². The molecule has 0 aromatic rings. The Labute approximate surface area is 196 Å². The molecule has 0 radical (unpaired) electrons. The standard InChI is InChI=1S/C18H35N7O7S/c1-9(27)13(25-14(28)10(19)8-26)16(30)23-11(5-7-33-2)15(29)24-12(17(31)32)4-3-6-22-18(20)21/h9-13,26-27H,3-8,19H2,1-2H3,(H,23,30)(H,24,29)(H,25,28)(H,31,32)(H4,20,21,22). The number of aliphatic hydroxyl groups excluding tert-OH is 2. The van der Waals surface area contributed by atoms with Gasteiger partial charge in [0.15, 0.2) is 5.96 Å². The van der Waals surface area contributed by atoms with Crippen LogP contribution in [0.2, 0.25) is 0 Å². The normalized spacial score (nSPS) is 15.3. The number of carbonyl (C=O) groups is 4. The van der Waals surface area contributed by atoms with E-state index in [2.05, 4.69) is 20.9 Å². The first kappa shape index (κ1) is 30.4. The van der Waals surface area contributed by atoms with Gasteiger partial charge in [0.05, 0.1) is 12.7 Å². The molecule has 0 aliphatic heterocycles. The zero-order valence-corrected chi connectivity index (χ0v) is 19.5. The highest BCUT2D eigenvalue weighted by atomic mass is 32.2. The number of guanidine groups is 1. The largest absolute Gasteiger partial charge is 0.480 e. The van der Waals surface area contributed by atoms with E-state index < -0.39 is 60.6 Å². The lowest BCUT2D eigenvalue weighted by atomic mass is 10.1. The average molecular weight is 494 g/mol. The maximum absolute atomic E-state index is 12.7. The molecule has 12 N–H and O–H groups in total. The number of aliphatic imine (C=N–C) groups is 1. The minimum Gasteiger partial charge on any atom is -0.480 e. The van der Waals surface area contributed by atoms with Crippen molar-refractivity contribution >= 4 is 41.4 Å². The fraction of sp³-hybridized carbons (Fsp3) is 0.722. The van der Waals surface area contributed by atoms with Crippen molar-refractivity contribution in [2.45, 2.75) is 56.5 Å². The number of nitrogens with two attached hydrogens (primary N) is 3. The Hall–Kier alpha value is -2.62. The Morgan fingerprint density at radius 2 is 1.61 bits per heavy atom. The van der Waals surface area contributed by atoms with Crippen LogP contribution in [0.25, 0.3) is 0 Å². The average Bonchev–Trinajstić information content (AvgIpc) is 2.75. The third kappa shape index (κ3) is 12.3. The van der Waals surface area contributed by atoms with Gasteiger partial charge in [-0.15, -0.1) is 0 Å². The zero-order chi connectivity index (χ0) is 25.6. The highest BCUT2D eigenvalue weighted by Gasteiger charge is 2.32. The molecule has 5 unspecified atom stereocenters. The molecule has 0 aromatic carbocycles. The molecule has 5 atom stereocenters.